The molecule has 41 unspecified atom stereocenters. The number of epoxide rings is 11. The van der Waals surface area contributed by atoms with Crippen LogP contribution in [0.25, 0.3) is 0 Å². The van der Waals surface area contributed by atoms with Gasteiger partial charge in [-0.3, -0.25) is 0 Å². The zero-order chi connectivity index (χ0) is 84.1. The molecule has 0 aromatic rings. The van der Waals surface area contributed by atoms with Crippen molar-refractivity contribution >= 4 is 0 Å². The van der Waals surface area contributed by atoms with Crippen molar-refractivity contribution < 1.29 is 103 Å². The molecule has 11 saturated heterocycles. The zero-order valence-corrected chi connectivity index (χ0v) is 75.3. The van der Waals surface area contributed by atoms with Crippen LogP contribution in [0.4, 0.5) is 0 Å². The summed E-state index contributed by atoms with van der Waals surface area (Å²) in [7, 11) is 0. The fourth-order valence-corrected chi connectivity index (χ4v) is 28.8. The molecule has 21 heteroatoms. The standard InChI is InChI=1S/C12H20O.C11H18O2.C10H16O2.C10H18O2.C9H14O2.C9H16O2.C8H12O2.2C8H14O2.C7H12O2.C5H8O2/c1-4-5-12-7-8-6-9(10(12)13-12)11(8,2)3;1-10(2)7-5-8(10)11(3-4-12)9(6-7)13-11;1-9(2)6-3-7(9)10(5-11)8(4-6)12-10;1-9(2,11)7-4-5-10(3)8(6-7)12-10;1-9(2)4-3-5(10)6(9)8-7(4)11-8;1-3-9(10)5-4-8(2)7(6-9)11-8;9-3-5-1-4-2-6(5)8-7(4)10-8;1-5-2-7-8(10-7)3-6(5)4-9;1-2-5-3-6(9)4-7-8(5)10-7;8-4-5-1-2-6-7(3-5)9-6;6-3-1-4-5(2-3)7-4/h8-10H,4-7H2,1-3H3;7-9,12H,3-6H2,1-2H3;6-8,11H,3-5H2,1-2H3;7-8,11H,4-6H2,1-3H3;4-8,10H,3H2,1-2H3;7,10H,3-6H2,1-2H3;4-9H,1-3H2;2*5-9H,2-4H2,1H3;5-8H,1-4H2;3-6H,1-2H2. The fourth-order valence-electron chi connectivity index (χ4n) is 28.8. The molecule has 30 rings (SSSR count). The lowest BCUT2D eigenvalue weighted by Gasteiger charge is -2.58. The van der Waals surface area contributed by atoms with E-state index in [4.69, 9.17) is 77.6 Å². The molecule has 41 atom stereocenters. The van der Waals surface area contributed by atoms with Crippen molar-refractivity contribution in [1.82, 2.24) is 0 Å². The predicted octanol–water partition coefficient (Wildman–Crippen LogP) is 12.3. The van der Waals surface area contributed by atoms with Crippen LogP contribution in [0.2, 0.25) is 0 Å². The molecular formula is C97H162O21. The van der Waals surface area contributed by atoms with Crippen molar-refractivity contribution in [3.63, 3.8) is 0 Å². The Hall–Kier alpha value is -0.840. The van der Waals surface area contributed by atoms with E-state index in [1.54, 1.807) is 0 Å². The highest BCUT2D eigenvalue weighted by Crippen LogP contribution is 2.74. The average Bonchev–Trinajstić information content (AvgIpc) is 1.83. The summed E-state index contributed by atoms with van der Waals surface area (Å²) >= 11 is 0. The van der Waals surface area contributed by atoms with Gasteiger partial charge in [-0.1, -0.05) is 95.9 Å². The molecule has 10 bridgehead atoms. The Labute approximate surface area is 707 Å². The summed E-state index contributed by atoms with van der Waals surface area (Å²) in [5, 5.41) is 92.6. The maximum Gasteiger partial charge on any atom is 0.121 e. The quantitative estimate of drug-likeness (QED) is 0.0859. The first-order valence-electron chi connectivity index (χ1n) is 48.6. The van der Waals surface area contributed by atoms with Gasteiger partial charge in [0, 0.05) is 64.4 Å². The Kier molecular flexibility index (Phi) is 24.5. The van der Waals surface area contributed by atoms with Crippen LogP contribution in [0, 0.1) is 116 Å². The van der Waals surface area contributed by atoms with Gasteiger partial charge in [0.2, 0.25) is 0 Å². The molecule has 11 aliphatic heterocycles. The third-order valence-corrected chi connectivity index (χ3v) is 38.6. The van der Waals surface area contributed by atoms with E-state index in [1.165, 1.54) is 70.6 Å². The van der Waals surface area contributed by atoms with E-state index >= 15 is 0 Å². The minimum Gasteiger partial charge on any atom is -0.396 e. The summed E-state index contributed by atoms with van der Waals surface area (Å²) < 4.78 is 60.6. The Balaban J connectivity index is 0.0000000933. The summed E-state index contributed by atoms with van der Waals surface area (Å²) in [4.78, 5) is 0. The first kappa shape index (κ1) is 89.2. The van der Waals surface area contributed by atoms with Gasteiger partial charge in [-0.25, -0.2) is 0 Å². The third kappa shape index (κ3) is 17.1. The first-order valence-corrected chi connectivity index (χ1v) is 48.6. The van der Waals surface area contributed by atoms with E-state index in [-0.39, 0.29) is 53.9 Å². The van der Waals surface area contributed by atoms with Gasteiger partial charge < -0.3 is 103 Å². The number of aliphatic hydroxyl groups excluding tert-OH is 8. The molecule has 0 aromatic carbocycles. The number of ether oxygens (including phenoxy) is 11. The molecule has 118 heavy (non-hydrogen) atoms. The van der Waals surface area contributed by atoms with Crippen LogP contribution in [0.3, 0.4) is 0 Å². The van der Waals surface area contributed by atoms with E-state index in [0.717, 1.165) is 157 Å². The Bertz CT molecular complexity index is 3440. The van der Waals surface area contributed by atoms with Crippen molar-refractivity contribution in [3.8, 4) is 0 Å². The van der Waals surface area contributed by atoms with Gasteiger partial charge in [0.15, 0.2) is 0 Å². The second-order valence-electron chi connectivity index (χ2n) is 47.2. The Morgan fingerprint density at radius 2 is 1.04 bits per heavy atom. The molecule has 21 nitrogen and oxygen atoms in total. The van der Waals surface area contributed by atoms with E-state index in [1.807, 2.05) is 20.8 Å². The molecule has 0 aromatic heterocycles. The van der Waals surface area contributed by atoms with Gasteiger partial charge in [-0.15, -0.1) is 0 Å². The second kappa shape index (κ2) is 32.4. The topological polar surface area (TPSA) is 340 Å². The Morgan fingerprint density at radius 1 is 0.432 bits per heavy atom. The number of rotatable bonds is 11. The monoisotopic (exact) mass is 1660 g/mol. The lowest BCUT2D eigenvalue weighted by atomic mass is 9.45. The lowest BCUT2D eigenvalue weighted by molar-refractivity contribution is -0.0972. The largest absolute Gasteiger partial charge is 0.396 e. The summed E-state index contributed by atoms with van der Waals surface area (Å²) in [5.41, 5.74) is 1.60. The Morgan fingerprint density at radius 3 is 1.57 bits per heavy atom. The molecule has 0 spiro atoms. The van der Waals surface area contributed by atoms with Crippen molar-refractivity contribution in [1.29, 1.82) is 0 Å². The number of hydrogen-bond acceptors (Lipinski definition) is 21. The van der Waals surface area contributed by atoms with Gasteiger partial charge >= 0.3 is 0 Å². The van der Waals surface area contributed by atoms with Crippen molar-refractivity contribution in [3.05, 3.63) is 0 Å². The van der Waals surface area contributed by atoms with Crippen LogP contribution in [-0.2, 0) is 52.1 Å². The predicted molar refractivity (Wildman–Crippen MR) is 444 cm³/mol. The van der Waals surface area contributed by atoms with Crippen LogP contribution < -0.4 is 0 Å². The molecule has 10 N–H and O–H groups in total. The summed E-state index contributed by atoms with van der Waals surface area (Å²) in [6.45, 7) is 37.2. The molecule has 19 aliphatic carbocycles. The minimum atomic E-state index is -0.521. The van der Waals surface area contributed by atoms with Crippen LogP contribution in [0.1, 0.15) is 297 Å². The smallest absolute Gasteiger partial charge is 0.121 e. The van der Waals surface area contributed by atoms with Gasteiger partial charge in [0.1, 0.15) is 11.2 Å². The van der Waals surface area contributed by atoms with E-state index < -0.39 is 11.2 Å². The molecule has 11 heterocycles. The highest BCUT2D eigenvalue weighted by atomic mass is 16.6. The second-order valence-corrected chi connectivity index (χ2v) is 47.2. The molecule has 0 radical (unpaired) electrons. The van der Waals surface area contributed by atoms with Gasteiger partial charge in [0.25, 0.3) is 0 Å². The number of hydrogen-bond donors (Lipinski definition) is 10. The summed E-state index contributed by atoms with van der Waals surface area (Å²) in [5.74, 6) is 10.9. The molecule has 30 fully saturated rings. The molecule has 676 valence electrons. The molecule has 19 saturated carbocycles. The highest BCUT2D eigenvalue weighted by Gasteiger charge is 2.77. The fraction of sp³-hybridized carbons (Fsp3) is 1.00. The van der Waals surface area contributed by atoms with Gasteiger partial charge in [0.05, 0.1) is 157 Å². The number of fused-ring (bicyclic) bond motifs is 16. The maximum atomic E-state index is 9.91. The zero-order valence-electron chi connectivity index (χ0n) is 75.3. The highest BCUT2D eigenvalue weighted by molar-refractivity contribution is 5.25. The summed E-state index contributed by atoms with van der Waals surface area (Å²) in [6.07, 6.45) is 40.4. The van der Waals surface area contributed by atoms with Gasteiger partial charge in [-0.05, 0) is 279 Å². The third-order valence-electron chi connectivity index (χ3n) is 38.6. The minimum absolute atomic E-state index is 0.0521. The van der Waals surface area contributed by atoms with Crippen LogP contribution in [0.5, 0.6) is 0 Å². The lowest BCUT2D eigenvalue weighted by Crippen LogP contribution is -2.58. The first-order chi connectivity index (χ1) is 55.7. The van der Waals surface area contributed by atoms with Gasteiger partial charge in [-0.2, -0.15) is 0 Å². The molecule has 0 amide bonds. The number of aliphatic hydroxyl groups is 10. The van der Waals surface area contributed by atoms with Crippen LogP contribution in [-0.4, -0.2) is 245 Å². The van der Waals surface area contributed by atoms with Crippen LogP contribution in [0.15, 0.2) is 0 Å². The van der Waals surface area contributed by atoms with Crippen molar-refractivity contribution in [2.24, 2.45) is 116 Å². The van der Waals surface area contributed by atoms with E-state index in [2.05, 4.69) is 90.0 Å². The van der Waals surface area contributed by atoms with E-state index in [9.17, 15) is 25.5 Å². The maximum absolute atomic E-state index is 9.91. The van der Waals surface area contributed by atoms with E-state index in [0.29, 0.717) is 204 Å². The van der Waals surface area contributed by atoms with Crippen molar-refractivity contribution in [2.75, 3.05) is 33.0 Å². The van der Waals surface area contributed by atoms with Crippen LogP contribution >= 0.6 is 0 Å². The molecule has 30 aliphatic rings. The molecular weight excluding hydrogens is 1500 g/mol. The summed E-state index contributed by atoms with van der Waals surface area (Å²) in [6, 6.07) is 0. The average molecular weight is 1660 g/mol. The van der Waals surface area contributed by atoms with Crippen molar-refractivity contribution in [2.45, 2.75) is 458 Å². The SMILES string of the molecule is CC(C)(O)C1CCC2(C)OC2C1.CC1(C)C2CC(O)C1C1OC12.CC1(C)C2CC3OC3(CCO)C1C2.CC1(C)C2CC3OC3(CO)C1C2.CC1CC2OC2CC1CO.CCC1(O)CCC2(C)OC2C1.CCC1CC(O)CC2OC12.CCCC12CC3CC(C1O2)C3(C)C.OC1CC2OC2C1.OCC1CC2CC1C1OC21.OCC1CCC2OC2C1. The normalized spacial score (nSPS) is 55.2.